The van der Waals surface area contributed by atoms with Crippen LogP contribution in [0.15, 0.2) is 42.5 Å². The Labute approximate surface area is 253 Å². The van der Waals surface area contributed by atoms with Crippen LogP contribution >= 0.6 is 0 Å². The number of amides is 2. The molecule has 2 aromatic carbocycles. The molecule has 1 saturated heterocycles. The number of halogens is 2. The van der Waals surface area contributed by atoms with Crippen molar-refractivity contribution in [3.8, 4) is 6.07 Å². The van der Waals surface area contributed by atoms with Crippen LogP contribution in [0.5, 0.6) is 0 Å². The minimum Gasteiger partial charge on any atom is -0.350 e. The number of likely N-dealkylation sites (N-methyl/N-ethyl adjacent to an activating group) is 1. The van der Waals surface area contributed by atoms with E-state index in [1.807, 2.05) is 6.07 Å². The van der Waals surface area contributed by atoms with Gasteiger partial charge in [-0.3, -0.25) is 14.4 Å². The van der Waals surface area contributed by atoms with E-state index in [2.05, 4.69) is 69.9 Å². The lowest BCUT2D eigenvalue weighted by atomic mass is 9.99. The van der Waals surface area contributed by atoms with E-state index in [0.717, 1.165) is 16.9 Å². The van der Waals surface area contributed by atoms with E-state index in [9.17, 15) is 28.4 Å². The topological polar surface area (TPSA) is 97.3 Å². The number of rotatable bonds is 6. The second kappa shape index (κ2) is 16.0. The van der Waals surface area contributed by atoms with Crippen LogP contribution in [0.25, 0.3) is 10.9 Å². The van der Waals surface area contributed by atoms with Gasteiger partial charge in [-0.1, -0.05) is 65.0 Å². The monoisotopic (exact) mass is 594 g/mol. The van der Waals surface area contributed by atoms with E-state index in [0.29, 0.717) is 5.92 Å². The fraction of sp³-hybridized carbons (Fsp3) is 0.471. The zero-order valence-corrected chi connectivity index (χ0v) is 26.5. The maximum atomic E-state index is 14.0. The first-order chi connectivity index (χ1) is 20.2. The maximum absolute atomic E-state index is 14.0. The highest BCUT2D eigenvalue weighted by Gasteiger charge is 2.37. The van der Waals surface area contributed by atoms with Crippen LogP contribution in [-0.2, 0) is 9.59 Å². The first kappa shape index (κ1) is 35.1. The molecule has 0 aliphatic carbocycles. The molecule has 0 radical (unpaired) electrons. The largest absolute Gasteiger partial charge is 0.350 e. The van der Waals surface area contributed by atoms with E-state index >= 15 is 0 Å². The molecule has 232 valence electrons. The molecule has 9 heteroatoms. The van der Waals surface area contributed by atoms with E-state index in [1.165, 1.54) is 43.8 Å². The number of Topliss-reactive ketones (excluding diaryl/α,β-unsaturated/α-hetero) is 1. The van der Waals surface area contributed by atoms with Crippen molar-refractivity contribution >= 4 is 28.5 Å². The highest BCUT2D eigenvalue weighted by Crippen LogP contribution is 2.26. The summed E-state index contributed by atoms with van der Waals surface area (Å²) in [5.74, 6) is -1.49. The zero-order chi connectivity index (χ0) is 32.4. The van der Waals surface area contributed by atoms with Crippen LogP contribution in [-0.4, -0.2) is 58.6 Å². The minimum atomic E-state index is -0.790. The molecule has 0 saturated carbocycles. The quantitative estimate of drug-likeness (QED) is 0.332. The lowest BCUT2D eigenvalue weighted by Crippen LogP contribution is -2.43. The zero-order valence-electron chi connectivity index (χ0n) is 26.5. The summed E-state index contributed by atoms with van der Waals surface area (Å²) in [5.41, 5.74) is 1.83. The molecule has 1 aliphatic heterocycles. The van der Waals surface area contributed by atoms with Crippen molar-refractivity contribution < 1.29 is 23.2 Å². The number of likely N-dealkylation sites (tertiary alicyclic amines) is 1. The number of fused-ring (bicyclic) bond motifs is 1. The summed E-state index contributed by atoms with van der Waals surface area (Å²) < 4.78 is 27.7. The van der Waals surface area contributed by atoms with Gasteiger partial charge in [0.1, 0.15) is 29.2 Å². The Morgan fingerprint density at radius 1 is 1.09 bits per heavy atom. The minimum absolute atomic E-state index is 0.0165. The molecule has 1 aliphatic rings. The van der Waals surface area contributed by atoms with Gasteiger partial charge < -0.3 is 14.8 Å². The van der Waals surface area contributed by atoms with Crippen LogP contribution in [0, 0.1) is 41.7 Å². The third-order valence-electron chi connectivity index (χ3n) is 7.34. The SMILES string of the molecule is CC(=O)C1CC(C#N)N(C(=O)CN(C)C(=O)c2cc3c(F)cc(F)c(C)c3[nH]2)C1.CC(C)C.CCC(C)c1ccccc1. The van der Waals surface area contributed by atoms with Crippen LogP contribution < -0.4 is 0 Å². The lowest BCUT2D eigenvalue weighted by Gasteiger charge is -2.23. The number of nitriles is 1. The molecule has 1 aromatic heterocycles. The molecular formula is C34H44F2N4O3. The molecule has 43 heavy (non-hydrogen) atoms. The van der Waals surface area contributed by atoms with E-state index in [-0.39, 0.29) is 53.4 Å². The third kappa shape index (κ3) is 9.47. The summed E-state index contributed by atoms with van der Waals surface area (Å²) in [5, 5.41) is 9.34. The number of carbonyl (C=O) groups is 3. The number of aromatic nitrogens is 1. The number of aryl methyl sites for hydroxylation is 1. The highest BCUT2D eigenvalue weighted by molar-refractivity contribution is 6.00. The van der Waals surface area contributed by atoms with Crippen molar-refractivity contribution in [2.24, 2.45) is 11.8 Å². The van der Waals surface area contributed by atoms with E-state index in [4.69, 9.17) is 0 Å². The van der Waals surface area contributed by atoms with Gasteiger partial charge in [-0.05, 0) is 50.2 Å². The first-order valence-electron chi connectivity index (χ1n) is 14.7. The summed E-state index contributed by atoms with van der Waals surface area (Å²) >= 11 is 0. The Bertz CT molecular complexity index is 1440. The molecule has 1 fully saturated rings. The van der Waals surface area contributed by atoms with Gasteiger partial charge in [-0.15, -0.1) is 0 Å². The van der Waals surface area contributed by atoms with Gasteiger partial charge in [-0.25, -0.2) is 8.78 Å². The lowest BCUT2D eigenvalue weighted by molar-refractivity contribution is -0.131. The summed E-state index contributed by atoms with van der Waals surface area (Å²) in [4.78, 5) is 42.0. The predicted molar refractivity (Wildman–Crippen MR) is 165 cm³/mol. The highest BCUT2D eigenvalue weighted by atomic mass is 19.1. The van der Waals surface area contributed by atoms with Gasteiger partial charge in [-0.2, -0.15) is 5.26 Å². The van der Waals surface area contributed by atoms with Gasteiger partial charge in [0.05, 0.1) is 18.1 Å². The Balaban J connectivity index is 0.000000380. The molecule has 0 spiro atoms. The van der Waals surface area contributed by atoms with E-state index in [1.54, 1.807) is 0 Å². The van der Waals surface area contributed by atoms with Crippen molar-refractivity contribution in [3.05, 3.63) is 70.9 Å². The van der Waals surface area contributed by atoms with Gasteiger partial charge >= 0.3 is 0 Å². The Hall–Kier alpha value is -4.06. The van der Waals surface area contributed by atoms with Gasteiger partial charge in [0, 0.05) is 36.5 Å². The number of nitrogens with one attached hydrogen (secondary N) is 1. The molecule has 7 nitrogen and oxygen atoms in total. The number of benzene rings is 2. The third-order valence-corrected chi connectivity index (χ3v) is 7.34. The number of carbonyl (C=O) groups excluding carboxylic acids is 3. The molecule has 3 aromatic rings. The van der Waals surface area contributed by atoms with Crippen molar-refractivity contribution in [1.29, 1.82) is 5.26 Å². The fourth-order valence-electron chi connectivity index (χ4n) is 4.59. The molecule has 0 bridgehead atoms. The molecule has 2 heterocycles. The molecule has 4 rings (SSSR count). The Kier molecular flexibility index (Phi) is 13.0. The molecule has 3 atom stereocenters. The van der Waals surface area contributed by atoms with Crippen LogP contribution in [0.3, 0.4) is 0 Å². The van der Waals surface area contributed by atoms with Gasteiger partial charge in [0.2, 0.25) is 5.91 Å². The second-order valence-electron chi connectivity index (χ2n) is 11.8. The Morgan fingerprint density at radius 2 is 1.70 bits per heavy atom. The van der Waals surface area contributed by atoms with Gasteiger partial charge in [0.15, 0.2) is 0 Å². The smallest absolute Gasteiger partial charge is 0.270 e. The number of ketones is 1. The van der Waals surface area contributed by atoms with Crippen molar-refractivity contribution in [2.45, 2.75) is 73.3 Å². The average molecular weight is 595 g/mol. The first-order valence-corrected chi connectivity index (χ1v) is 14.7. The second-order valence-corrected chi connectivity index (χ2v) is 11.8. The number of H-pyrrole nitrogens is 1. The van der Waals surface area contributed by atoms with Crippen molar-refractivity contribution in [3.63, 3.8) is 0 Å². The fourth-order valence-corrected chi connectivity index (χ4v) is 4.59. The van der Waals surface area contributed by atoms with E-state index < -0.39 is 29.5 Å². The summed E-state index contributed by atoms with van der Waals surface area (Å²) in [6.45, 7) is 13.7. The standard InChI is InChI=1S/C20H20F2N4O3.C10H14.C4H10/c1-10-15(21)6-16(22)14-5-17(24-19(10)14)20(29)25(3)9-18(28)26-8-12(11(2)27)4-13(26)7-23;1-3-9(2)10-7-5-4-6-8-10;1-4(2)3/h5-6,12-13,24H,4,8-9H2,1-3H3;4-9H,3H2,1-2H3;4H,1-3H3. The van der Waals surface area contributed by atoms with Crippen molar-refractivity contribution in [1.82, 2.24) is 14.8 Å². The number of aromatic amines is 1. The normalized spacial score (nSPS) is 16.5. The predicted octanol–water partition coefficient (Wildman–Crippen LogP) is 7.02. The number of hydrogen-bond acceptors (Lipinski definition) is 4. The summed E-state index contributed by atoms with van der Waals surface area (Å²) in [6.07, 6.45) is 1.51. The summed E-state index contributed by atoms with van der Waals surface area (Å²) in [6, 6.07) is 14.0. The Morgan fingerprint density at radius 3 is 2.23 bits per heavy atom. The average Bonchev–Trinajstić information content (AvgIpc) is 3.62. The number of hydrogen-bond donors (Lipinski definition) is 1. The number of nitrogens with zero attached hydrogens (tertiary/aromatic N) is 3. The van der Waals surface area contributed by atoms with Gasteiger partial charge in [0.25, 0.3) is 5.91 Å². The summed E-state index contributed by atoms with van der Waals surface area (Å²) in [7, 11) is 1.40. The molecular weight excluding hydrogens is 550 g/mol. The van der Waals surface area contributed by atoms with Crippen LogP contribution in [0.1, 0.15) is 81.9 Å². The molecule has 3 unspecified atom stereocenters. The molecule has 1 N–H and O–H groups in total. The van der Waals surface area contributed by atoms with Crippen molar-refractivity contribution in [2.75, 3.05) is 20.1 Å². The van der Waals surface area contributed by atoms with Crippen LogP contribution in [0.2, 0.25) is 0 Å². The maximum Gasteiger partial charge on any atom is 0.270 e. The molecule has 2 amide bonds. The van der Waals surface area contributed by atoms with Crippen LogP contribution in [0.4, 0.5) is 8.78 Å².